The van der Waals surface area contributed by atoms with E-state index in [1.54, 1.807) is 0 Å². The van der Waals surface area contributed by atoms with Crippen LogP contribution in [-0.4, -0.2) is 47.2 Å². The van der Waals surface area contributed by atoms with Gasteiger partial charge in [-0.15, -0.1) is 0 Å². The largest absolute Gasteiger partial charge is 0.260 e. The van der Waals surface area contributed by atoms with Gasteiger partial charge in [0.15, 0.2) is 0 Å². The van der Waals surface area contributed by atoms with Crippen LogP contribution in [0.5, 0.6) is 0 Å². The van der Waals surface area contributed by atoms with Crippen LogP contribution in [0, 0.1) is 0 Å². The fraction of sp³-hybridized carbons (Fsp3) is 0.684. The van der Waals surface area contributed by atoms with E-state index in [1.807, 2.05) is 0 Å². The molecule has 4 heteroatoms. The van der Waals surface area contributed by atoms with E-state index in [2.05, 4.69) is 79.9 Å². The summed E-state index contributed by atoms with van der Waals surface area (Å²) in [4.78, 5) is 0. The molecule has 0 spiro atoms. The fourth-order valence-electron chi connectivity index (χ4n) is 3.21. The molecule has 0 amide bonds. The standard InChI is InChI=1S/C19H34N3P/c1-7-21(8-2)23-20(6)14-9-15-22(23)16-17-10-12-18(13-11-17)19(3,4)5/h10-13H,7-9,14-16H2,1-6H3. The molecule has 130 valence electrons. The van der Waals surface area contributed by atoms with Gasteiger partial charge in [0.05, 0.1) is 0 Å². The number of hydrogen-bond donors (Lipinski definition) is 0. The zero-order chi connectivity index (χ0) is 17.0. The van der Waals surface area contributed by atoms with Crippen molar-refractivity contribution in [2.24, 2.45) is 0 Å². The maximum Gasteiger partial charge on any atom is 0.120 e. The molecule has 0 aromatic heterocycles. The van der Waals surface area contributed by atoms with E-state index in [-0.39, 0.29) is 13.8 Å². The average Bonchev–Trinajstić information content (AvgIpc) is 2.50. The van der Waals surface area contributed by atoms with Crippen molar-refractivity contribution in [1.29, 1.82) is 0 Å². The highest BCUT2D eigenvalue weighted by Crippen LogP contribution is 2.49. The van der Waals surface area contributed by atoms with Gasteiger partial charge in [-0.2, -0.15) is 0 Å². The molecule has 1 fully saturated rings. The first-order valence-electron chi connectivity index (χ1n) is 8.97. The lowest BCUT2D eigenvalue weighted by Crippen LogP contribution is -2.41. The van der Waals surface area contributed by atoms with Gasteiger partial charge in [-0.25, -0.2) is 0 Å². The summed E-state index contributed by atoms with van der Waals surface area (Å²) in [7, 11) is 1.98. The highest BCUT2D eigenvalue weighted by atomic mass is 31.2. The van der Waals surface area contributed by atoms with Crippen molar-refractivity contribution < 1.29 is 0 Å². The van der Waals surface area contributed by atoms with E-state index in [4.69, 9.17) is 0 Å². The first-order chi connectivity index (χ1) is 10.9. The topological polar surface area (TPSA) is 9.72 Å². The lowest BCUT2D eigenvalue weighted by atomic mass is 9.87. The summed E-state index contributed by atoms with van der Waals surface area (Å²) in [5, 5.41) is 0. The van der Waals surface area contributed by atoms with E-state index in [0.717, 1.165) is 19.6 Å². The van der Waals surface area contributed by atoms with Gasteiger partial charge >= 0.3 is 0 Å². The van der Waals surface area contributed by atoms with Crippen LogP contribution < -0.4 is 0 Å². The van der Waals surface area contributed by atoms with E-state index in [1.165, 1.54) is 30.6 Å². The normalized spacial score (nSPS) is 21.1. The van der Waals surface area contributed by atoms with Gasteiger partial charge in [0.1, 0.15) is 8.37 Å². The number of nitrogens with zero attached hydrogens (tertiary/aromatic N) is 3. The maximum atomic E-state index is 2.69. The molecule has 3 nitrogen and oxygen atoms in total. The summed E-state index contributed by atoms with van der Waals surface area (Å²) in [5.41, 5.74) is 3.09. The first-order valence-corrected chi connectivity index (χ1v) is 10.2. The molecule has 1 aliphatic heterocycles. The molecular formula is C19H34N3P. The van der Waals surface area contributed by atoms with Gasteiger partial charge in [-0.1, -0.05) is 58.9 Å². The molecule has 0 aliphatic carbocycles. The third-order valence-corrected chi connectivity index (χ3v) is 7.35. The van der Waals surface area contributed by atoms with Crippen LogP contribution in [-0.2, 0) is 12.0 Å². The molecule has 1 saturated heterocycles. The van der Waals surface area contributed by atoms with Gasteiger partial charge in [0, 0.05) is 32.7 Å². The Morgan fingerprint density at radius 3 is 2.17 bits per heavy atom. The summed E-state index contributed by atoms with van der Waals surface area (Å²) in [6.45, 7) is 17.2. The lowest BCUT2D eigenvalue weighted by molar-refractivity contribution is 0.295. The van der Waals surface area contributed by atoms with Crippen LogP contribution in [0.3, 0.4) is 0 Å². The molecule has 1 aliphatic rings. The Bertz CT molecular complexity index is 476. The predicted molar refractivity (Wildman–Crippen MR) is 103 cm³/mol. The van der Waals surface area contributed by atoms with Crippen LogP contribution in [0.1, 0.15) is 52.2 Å². The highest BCUT2D eigenvalue weighted by Gasteiger charge is 2.31. The number of benzene rings is 1. The molecule has 2 rings (SSSR count). The Hall–Kier alpha value is -0.470. The average molecular weight is 335 g/mol. The highest BCUT2D eigenvalue weighted by molar-refractivity contribution is 7.50. The van der Waals surface area contributed by atoms with E-state index in [0.29, 0.717) is 0 Å². The Morgan fingerprint density at radius 1 is 1.04 bits per heavy atom. The zero-order valence-corrected chi connectivity index (χ0v) is 16.7. The van der Waals surface area contributed by atoms with Crippen molar-refractivity contribution in [3.8, 4) is 0 Å². The molecule has 0 bridgehead atoms. The van der Waals surface area contributed by atoms with E-state index >= 15 is 0 Å². The zero-order valence-electron chi connectivity index (χ0n) is 15.8. The number of rotatable bonds is 5. The van der Waals surface area contributed by atoms with Crippen LogP contribution in [0.25, 0.3) is 0 Å². The van der Waals surface area contributed by atoms with Crippen LogP contribution in [0.4, 0.5) is 0 Å². The van der Waals surface area contributed by atoms with Crippen molar-refractivity contribution in [1.82, 2.24) is 14.0 Å². The second-order valence-corrected chi connectivity index (χ2v) is 9.83. The SMILES string of the molecule is CCN(CC)P1N(C)CCCN1Cc1ccc(C(C)(C)C)cc1. The quantitative estimate of drug-likeness (QED) is 0.723. The summed E-state index contributed by atoms with van der Waals surface area (Å²) in [6.07, 6.45) is 1.27. The minimum atomic E-state index is -0.314. The minimum absolute atomic E-state index is 0.234. The molecule has 1 heterocycles. The van der Waals surface area contributed by atoms with E-state index in [9.17, 15) is 0 Å². The molecule has 23 heavy (non-hydrogen) atoms. The van der Waals surface area contributed by atoms with Crippen molar-refractivity contribution in [2.45, 2.75) is 53.0 Å². The Labute approximate surface area is 144 Å². The third-order valence-electron chi connectivity index (χ3n) is 4.62. The lowest BCUT2D eigenvalue weighted by Gasteiger charge is -2.46. The van der Waals surface area contributed by atoms with Crippen molar-refractivity contribution in [3.05, 3.63) is 35.4 Å². The van der Waals surface area contributed by atoms with Crippen molar-refractivity contribution in [3.63, 3.8) is 0 Å². The Morgan fingerprint density at radius 2 is 1.65 bits per heavy atom. The molecule has 0 saturated carbocycles. The Kier molecular flexibility index (Phi) is 6.62. The smallest absolute Gasteiger partial charge is 0.120 e. The fourth-order valence-corrected chi connectivity index (χ4v) is 5.87. The predicted octanol–water partition coefficient (Wildman–Crippen LogP) is 4.69. The monoisotopic (exact) mass is 335 g/mol. The number of hydrogen-bond acceptors (Lipinski definition) is 3. The summed E-state index contributed by atoms with van der Waals surface area (Å²) < 4.78 is 7.88. The maximum absolute atomic E-state index is 2.69. The molecule has 0 N–H and O–H groups in total. The van der Waals surface area contributed by atoms with Gasteiger partial charge in [0.2, 0.25) is 0 Å². The van der Waals surface area contributed by atoms with Crippen molar-refractivity contribution in [2.75, 3.05) is 33.2 Å². The Balaban J connectivity index is 2.12. The van der Waals surface area contributed by atoms with Gasteiger partial charge in [0.25, 0.3) is 0 Å². The third kappa shape index (κ3) is 4.76. The molecule has 1 unspecified atom stereocenters. The van der Waals surface area contributed by atoms with Crippen LogP contribution in [0.2, 0.25) is 0 Å². The van der Waals surface area contributed by atoms with Crippen LogP contribution in [0.15, 0.2) is 24.3 Å². The van der Waals surface area contributed by atoms with Gasteiger partial charge in [-0.3, -0.25) is 14.0 Å². The van der Waals surface area contributed by atoms with Crippen molar-refractivity contribution >= 4 is 8.37 Å². The summed E-state index contributed by atoms with van der Waals surface area (Å²) in [5.74, 6) is 0. The minimum Gasteiger partial charge on any atom is -0.260 e. The molecular weight excluding hydrogens is 301 g/mol. The first kappa shape index (κ1) is 18.9. The van der Waals surface area contributed by atoms with Crippen LogP contribution >= 0.6 is 8.37 Å². The second kappa shape index (κ2) is 8.07. The summed E-state index contributed by atoms with van der Waals surface area (Å²) in [6, 6.07) is 9.27. The molecule has 0 radical (unpaired) electrons. The second-order valence-electron chi connectivity index (χ2n) is 7.48. The molecule has 1 aromatic carbocycles. The molecule has 1 atom stereocenters. The van der Waals surface area contributed by atoms with E-state index < -0.39 is 0 Å². The molecule has 1 aromatic rings. The van der Waals surface area contributed by atoms with Gasteiger partial charge < -0.3 is 0 Å². The summed E-state index contributed by atoms with van der Waals surface area (Å²) >= 11 is 0. The van der Waals surface area contributed by atoms with Gasteiger partial charge in [-0.05, 0) is 30.0 Å².